The molecule has 10 heteroatoms. The molecule has 0 aliphatic carbocycles. The lowest BCUT2D eigenvalue weighted by Crippen LogP contribution is -2.54. The van der Waals surface area contributed by atoms with Gasteiger partial charge in [-0.2, -0.15) is 0 Å². The maximum Gasteiger partial charge on any atom is 0.274 e. The maximum atomic E-state index is 14.0. The van der Waals surface area contributed by atoms with Gasteiger partial charge in [-0.3, -0.25) is 14.4 Å². The number of aromatic nitrogens is 1. The van der Waals surface area contributed by atoms with E-state index < -0.39 is 58.1 Å². The van der Waals surface area contributed by atoms with Gasteiger partial charge in [-0.15, -0.1) is 0 Å². The lowest BCUT2D eigenvalue weighted by molar-refractivity contribution is 0.0502. The quantitative estimate of drug-likeness (QED) is 0.735. The predicted molar refractivity (Wildman–Crippen MR) is 110 cm³/mol. The fraction of sp³-hybridized carbons (Fsp3) is 0.435. The Balaban J connectivity index is 1.58. The third-order valence-electron chi connectivity index (χ3n) is 7.23. The van der Waals surface area contributed by atoms with Crippen LogP contribution in [0, 0.1) is 17.5 Å². The standard InChI is InChI=1S/C23H22F3N3O4/c1-11-3-2-5-23-6-4-16-17(19(30)20(31)18(29(16)23)22(33)28(11)10-23)21(32)27-9-13-14(25)7-12(24)8-15(13)26/h7-8,11,31H,2-6,9-10H2,1H3,(H,27,32)/t11?,23-/m1/s1. The summed E-state index contributed by atoms with van der Waals surface area (Å²) in [5, 5.41) is 13.0. The molecular formula is C23H22F3N3O4. The first-order valence-electron chi connectivity index (χ1n) is 10.9. The first kappa shape index (κ1) is 21.5. The molecule has 1 fully saturated rings. The second-order valence-corrected chi connectivity index (χ2v) is 9.11. The molecule has 2 N–H and O–H groups in total. The van der Waals surface area contributed by atoms with E-state index in [1.165, 1.54) is 0 Å². The average Bonchev–Trinajstić information content (AvgIpc) is 3.02. The number of fused-ring (bicyclic) bond motifs is 1. The zero-order valence-corrected chi connectivity index (χ0v) is 17.9. The van der Waals surface area contributed by atoms with E-state index in [9.17, 15) is 32.7 Å². The van der Waals surface area contributed by atoms with Crippen molar-refractivity contribution in [2.75, 3.05) is 6.54 Å². The molecule has 4 heterocycles. The molecule has 2 bridgehead atoms. The highest BCUT2D eigenvalue weighted by atomic mass is 19.1. The van der Waals surface area contributed by atoms with Crippen molar-refractivity contribution >= 4 is 11.8 Å². The van der Waals surface area contributed by atoms with Crippen LogP contribution in [0.4, 0.5) is 13.2 Å². The SMILES string of the molecule is CC1CCC[C@]23CCc4c(C(=O)NCc5c(F)cc(F)cc5F)c(=O)c(O)c(n42)C(=O)N1C3. The molecule has 3 aliphatic rings. The van der Waals surface area contributed by atoms with Crippen molar-refractivity contribution in [3.63, 3.8) is 0 Å². The van der Waals surface area contributed by atoms with Crippen molar-refractivity contribution in [2.45, 2.75) is 57.2 Å². The molecule has 2 aromatic rings. The smallest absolute Gasteiger partial charge is 0.274 e. The van der Waals surface area contributed by atoms with Crippen LogP contribution in [0.15, 0.2) is 16.9 Å². The Kier molecular flexibility index (Phi) is 4.80. The van der Waals surface area contributed by atoms with Crippen LogP contribution < -0.4 is 10.7 Å². The number of pyridine rings is 1. The van der Waals surface area contributed by atoms with Crippen LogP contribution in [0.25, 0.3) is 0 Å². The Morgan fingerprint density at radius 2 is 1.91 bits per heavy atom. The van der Waals surface area contributed by atoms with Gasteiger partial charge in [0.05, 0.1) is 5.54 Å². The summed E-state index contributed by atoms with van der Waals surface area (Å²) in [7, 11) is 0. The first-order chi connectivity index (χ1) is 15.6. The van der Waals surface area contributed by atoms with Crippen LogP contribution in [0.2, 0.25) is 0 Å². The molecule has 1 unspecified atom stereocenters. The van der Waals surface area contributed by atoms with Crippen LogP contribution >= 0.6 is 0 Å². The molecular weight excluding hydrogens is 439 g/mol. The summed E-state index contributed by atoms with van der Waals surface area (Å²) in [5.41, 5.74) is -2.16. The zero-order valence-electron chi connectivity index (χ0n) is 17.9. The van der Waals surface area contributed by atoms with Gasteiger partial charge >= 0.3 is 0 Å². The number of carbonyl (C=O) groups excluding carboxylic acids is 2. The Hall–Kier alpha value is -3.30. The van der Waals surface area contributed by atoms with Crippen molar-refractivity contribution < 1.29 is 27.9 Å². The molecule has 7 nitrogen and oxygen atoms in total. The average molecular weight is 461 g/mol. The molecule has 0 saturated carbocycles. The van der Waals surface area contributed by atoms with Gasteiger partial charge in [0, 0.05) is 42.5 Å². The number of amides is 2. The maximum absolute atomic E-state index is 14.0. The largest absolute Gasteiger partial charge is 0.503 e. The minimum absolute atomic E-state index is 0.0346. The monoisotopic (exact) mass is 461 g/mol. The predicted octanol–water partition coefficient (Wildman–Crippen LogP) is 2.57. The molecule has 3 aliphatic heterocycles. The van der Waals surface area contributed by atoms with Crippen molar-refractivity contribution in [3.8, 4) is 5.75 Å². The van der Waals surface area contributed by atoms with E-state index in [0.29, 0.717) is 37.2 Å². The summed E-state index contributed by atoms with van der Waals surface area (Å²) < 4.78 is 42.7. The highest BCUT2D eigenvalue weighted by Gasteiger charge is 2.51. The van der Waals surface area contributed by atoms with Gasteiger partial charge < -0.3 is 19.9 Å². The lowest BCUT2D eigenvalue weighted by Gasteiger charge is -2.43. The Morgan fingerprint density at radius 1 is 1.21 bits per heavy atom. The number of benzene rings is 1. The van der Waals surface area contributed by atoms with Gasteiger partial charge in [-0.25, -0.2) is 13.2 Å². The van der Waals surface area contributed by atoms with Gasteiger partial charge in [0.1, 0.15) is 23.0 Å². The molecule has 33 heavy (non-hydrogen) atoms. The summed E-state index contributed by atoms with van der Waals surface area (Å²) in [6.07, 6.45) is 3.32. The Labute approximate surface area is 186 Å². The fourth-order valence-electron chi connectivity index (χ4n) is 5.59. The molecule has 0 radical (unpaired) electrons. The number of nitrogens with one attached hydrogen (secondary N) is 1. The van der Waals surface area contributed by atoms with Crippen molar-refractivity contribution in [3.05, 3.63) is 62.3 Å². The first-order valence-corrected chi connectivity index (χ1v) is 10.9. The van der Waals surface area contributed by atoms with E-state index in [1.54, 1.807) is 9.47 Å². The number of hydrogen-bond acceptors (Lipinski definition) is 4. The Morgan fingerprint density at radius 3 is 2.61 bits per heavy atom. The second kappa shape index (κ2) is 7.36. The number of halogens is 3. The van der Waals surface area contributed by atoms with Crippen LogP contribution in [0.5, 0.6) is 5.75 Å². The zero-order chi connectivity index (χ0) is 23.7. The van der Waals surface area contributed by atoms with E-state index in [-0.39, 0.29) is 17.3 Å². The Bertz CT molecular complexity index is 1250. The van der Waals surface area contributed by atoms with E-state index in [2.05, 4.69) is 5.32 Å². The topological polar surface area (TPSA) is 91.6 Å². The molecule has 5 rings (SSSR count). The van der Waals surface area contributed by atoms with E-state index in [1.807, 2.05) is 6.92 Å². The fourth-order valence-corrected chi connectivity index (χ4v) is 5.59. The second-order valence-electron chi connectivity index (χ2n) is 9.11. The molecule has 1 spiro atoms. The normalized spacial score (nSPS) is 23.3. The van der Waals surface area contributed by atoms with E-state index in [0.717, 1.165) is 19.3 Å². The number of nitrogens with zero attached hydrogens (tertiary/aromatic N) is 2. The molecule has 2 atom stereocenters. The molecule has 174 valence electrons. The molecule has 1 aromatic heterocycles. The number of hydrogen-bond donors (Lipinski definition) is 2. The summed E-state index contributed by atoms with van der Waals surface area (Å²) in [6.45, 7) is 1.75. The number of carbonyl (C=O) groups is 2. The summed E-state index contributed by atoms with van der Waals surface area (Å²) in [5.74, 6) is -5.58. The molecule has 1 saturated heterocycles. The van der Waals surface area contributed by atoms with Crippen LogP contribution in [-0.2, 0) is 18.5 Å². The minimum atomic E-state index is -1.17. The summed E-state index contributed by atoms with van der Waals surface area (Å²) in [6, 6.07) is 0.961. The third-order valence-corrected chi connectivity index (χ3v) is 7.23. The van der Waals surface area contributed by atoms with Gasteiger partial charge in [0.15, 0.2) is 11.4 Å². The van der Waals surface area contributed by atoms with E-state index >= 15 is 0 Å². The van der Waals surface area contributed by atoms with Gasteiger partial charge in [0.2, 0.25) is 5.43 Å². The number of rotatable bonds is 3. The molecule has 2 amide bonds. The van der Waals surface area contributed by atoms with Crippen LogP contribution in [0.1, 0.15) is 64.7 Å². The summed E-state index contributed by atoms with van der Waals surface area (Å²) in [4.78, 5) is 40.9. The molecule has 1 aromatic carbocycles. The highest BCUT2D eigenvalue weighted by molar-refractivity contribution is 6.00. The lowest BCUT2D eigenvalue weighted by atomic mass is 9.89. The van der Waals surface area contributed by atoms with Gasteiger partial charge in [-0.05, 0) is 39.0 Å². The van der Waals surface area contributed by atoms with Crippen molar-refractivity contribution in [2.24, 2.45) is 0 Å². The number of aromatic hydroxyl groups is 1. The van der Waals surface area contributed by atoms with Crippen LogP contribution in [-0.4, -0.2) is 39.0 Å². The summed E-state index contributed by atoms with van der Waals surface area (Å²) >= 11 is 0. The van der Waals surface area contributed by atoms with Crippen molar-refractivity contribution in [1.82, 2.24) is 14.8 Å². The minimum Gasteiger partial charge on any atom is -0.503 e. The van der Waals surface area contributed by atoms with Gasteiger partial charge in [0.25, 0.3) is 11.8 Å². The van der Waals surface area contributed by atoms with Crippen molar-refractivity contribution in [1.29, 1.82) is 0 Å². The van der Waals surface area contributed by atoms with Gasteiger partial charge in [-0.1, -0.05) is 0 Å². The van der Waals surface area contributed by atoms with Crippen LogP contribution in [0.3, 0.4) is 0 Å². The highest BCUT2D eigenvalue weighted by Crippen LogP contribution is 2.46. The van der Waals surface area contributed by atoms with E-state index in [4.69, 9.17) is 0 Å². The third kappa shape index (κ3) is 3.07.